The van der Waals surface area contributed by atoms with Gasteiger partial charge in [-0.2, -0.15) is 0 Å². The van der Waals surface area contributed by atoms with Gasteiger partial charge in [0.25, 0.3) is 0 Å². The normalized spacial score (nSPS) is 10.4. The van der Waals surface area contributed by atoms with E-state index in [4.69, 9.17) is 0 Å². The van der Waals surface area contributed by atoms with Gasteiger partial charge in [-0.1, -0.05) is 50.1 Å². The van der Waals surface area contributed by atoms with Crippen molar-refractivity contribution < 1.29 is 9.90 Å². The number of nitrogens with zero attached hydrogens (tertiary/aromatic N) is 1. The van der Waals surface area contributed by atoms with Crippen LogP contribution in [-0.4, -0.2) is 11.0 Å². The molecule has 0 aliphatic heterocycles. The lowest BCUT2D eigenvalue weighted by molar-refractivity contribution is -0.255. The molecule has 20 heavy (non-hydrogen) atoms. The first-order valence-electron chi connectivity index (χ1n) is 6.97. The molecular formula is C17H18NO2-. The number of aryl methyl sites for hydroxylation is 1. The van der Waals surface area contributed by atoms with Crippen LogP contribution in [0.3, 0.4) is 0 Å². The van der Waals surface area contributed by atoms with E-state index in [0.29, 0.717) is 0 Å². The Morgan fingerprint density at radius 1 is 1.10 bits per heavy atom. The van der Waals surface area contributed by atoms with E-state index in [1.54, 1.807) is 24.3 Å². The minimum atomic E-state index is -1.16. The second kappa shape index (κ2) is 6.85. The van der Waals surface area contributed by atoms with Crippen molar-refractivity contribution in [1.82, 2.24) is 4.98 Å². The number of aromatic nitrogens is 1. The van der Waals surface area contributed by atoms with Gasteiger partial charge in [-0.05, 0) is 30.0 Å². The zero-order chi connectivity index (χ0) is 14.4. The highest BCUT2D eigenvalue weighted by Gasteiger charge is 2.01. The Hall–Kier alpha value is -2.16. The van der Waals surface area contributed by atoms with E-state index in [0.717, 1.165) is 17.7 Å². The summed E-state index contributed by atoms with van der Waals surface area (Å²) in [5.74, 6) is -1.16. The van der Waals surface area contributed by atoms with Gasteiger partial charge in [-0.3, -0.25) is 4.98 Å². The molecule has 0 N–H and O–H groups in total. The van der Waals surface area contributed by atoms with Crippen LogP contribution in [0.25, 0.3) is 11.3 Å². The number of benzene rings is 1. The molecule has 3 nitrogen and oxygen atoms in total. The fraction of sp³-hybridized carbons (Fsp3) is 0.294. The van der Waals surface area contributed by atoms with E-state index >= 15 is 0 Å². The van der Waals surface area contributed by atoms with Gasteiger partial charge in [0.15, 0.2) is 0 Å². The summed E-state index contributed by atoms with van der Waals surface area (Å²) in [4.78, 5) is 15.1. The Bertz CT molecular complexity index is 559. The lowest BCUT2D eigenvalue weighted by atomic mass is 10.1. The maximum atomic E-state index is 10.7. The van der Waals surface area contributed by atoms with Crippen molar-refractivity contribution in [3.63, 3.8) is 0 Å². The number of unbranched alkanes of at least 4 members (excludes halogenated alkanes) is 2. The molecule has 0 spiro atoms. The number of aromatic carboxylic acids is 1. The van der Waals surface area contributed by atoms with Gasteiger partial charge in [0.05, 0.1) is 11.7 Å². The van der Waals surface area contributed by atoms with Crippen molar-refractivity contribution in [3.8, 4) is 11.3 Å². The second-order valence-corrected chi connectivity index (χ2v) is 4.87. The number of carbonyl (C=O) groups excluding carboxylic acids is 1. The van der Waals surface area contributed by atoms with E-state index in [1.807, 2.05) is 12.3 Å². The van der Waals surface area contributed by atoms with Gasteiger partial charge in [-0.15, -0.1) is 0 Å². The summed E-state index contributed by atoms with van der Waals surface area (Å²) in [6.45, 7) is 2.19. The molecule has 0 fully saturated rings. The fourth-order valence-electron chi connectivity index (χ4n) is 2.10. The second-order valence-electron chi connectivity index (χ2n) is 4.87. The van der Waals surface area contributed by atoms with Crippen molar-refractivity contribution >= 4 is 5.97 Å². The van der Waals surface area contributed by atoms with Crippen LogP contribution in [-0.2, 0) is 6.42 Å². The molecule has 0 bridgehead atoms. The third-order valence-electron chi connectivity index (χ3n) is 3.31. The molecule has 0 aliphatic rings. The van der Waals surface area contributed by atoms with Crippen LogP contribution >= 0.6 is 0 Å². The Labute approximate surface area is 119 Å². The van der Waals surface area contributed by atoms with Crippen LogP contribution in [0.4, 0.5) is 0 Å². The fourth-order valence-corrected chi connectivity index (χ4v) is 2.10. The predicted molar refractivity (Wildman–Crippen MR) is 77.2 cm³/mol. The van der Waals surface area contributed by atoms with Gasteiger partial charge in [0.2, 0.25) is 0 Å². The molecule has 0 atom stereocenters. The molecule has 0 unspecified atom stereocenters. The standard InChI is InChI=1S/C17H19NO2/c1-2-3-4-5-13-6-11-16(18-12-13)14-7-9-15(10-8-14)17(19)20/h6-12H,2-5H2,1H3,(H,19,20)/p-1. The number of hydrogen-bond acceptors (Lipinski definition) is 3. The van der Waals surface area contributed by atoms with E-state index in [9.17, 15) is 9.90 Å². The van der Waals surface area contributed by atoms with Crippen LogP contribution in [0.15, 0.2) is 42.6 Å². The number of carbonyl (C=O) groups is 1. The highest BCUT2D eigenvalue weighted by Crippen LogP contribution is 2.18. The lowest BCUT2D eigenvalue weighted by Crippen LogP contribution is -2.21. The minimum Gasteiger partial charge on any atom is -0.545 e. The smallest absolute Gasteiger partial charge is 0.0715 e. The highest BCUT2D eigenvalue weighted by atomic mass is 16.4. The summed E-state index contributed by atoms with van der Waals surface area (Å²) in [7, 11) is 0. The Morgan fingerprint density at radius 3 is 2.40 bits per heavy atom. The Morgan fingerprint density at radius 2 is 1.85 bits per heavy atom. The third kappa shape index (κ3) is 3.67. The average molecular weight is 268 g/mol. The first-order valence-corrected chi connectivity index (χ1v) is 6.97. The number of rotatable bonds is 6. The molecule has 1 aromatic carbocycles. The number of carboxylic acid groups (broad SMARTS) is 1. The van der Waals surface area contributed by atoms with Crippen LogP contribution in [0, 0.1) is 0 Å². The first-order chi connectivity index (χ1) is 9.70. The molecule has 1 aromatic heterocycles. The lowest BCUT2D eigenvalue weighted by Gasteiger charge is -2.06. The Balaban J connectivity index is 2.07. The van der Waals surface area contributed by atoms with E-state index in [-0.39, 0.29) is 5.56 Å². The molecule has 0 aliphatic carbocycles. The maximum absolute atomic E-state index is 10.7. The average Bonchev–Trinajstić information content (AvgIpc) is 2.48. The van der Waals surface area contributed by atoms with Crippen LogP contribution in [0.2, 0.25) is 0 Å². The van der Waals surface area contributed by atoms with E-state index in [2.05, 4.69) is 18.0 Å². The molecule has 2 rings (SSSR count). The van der Waals surface area contributed by atoms with Crippen LogP contribution in [0.5, 0.6) is 0 Å². The zero-order valence-corrected chi connectivity index (χ0v) is 11.6. The predicted octanol–water partition coefficient (Wildman–Crippen LogP) is 2.84. The monoisotopic (exact) mass is 268 g/mol. The van der Waals surface area contributed by atoms with Crippen molar-refractivity contribution in [2.45, 2.75) is 32.6 Å². The summed E-state index contributed by atoms with van der Waals surface area (Å²) >= 11 is 0. The summed E-state index contributed by atoms with van der Waals surface area (Å²) in [5.41, 5.74) is 3.20. The SMILES string of the molecule is CCCCCc1ccc(-c2ccc(C(=O)[O-])cc2)nc1. The van der Waals surface area contributed by atoms with Gasteiger partial charge < -0.3 is 9.90 Å². The number of hydrogen-bond donors (Lipinski definition) is 0. The number of carboxylic acids is 1. The van der Waals surface area contributed by atoms with Crippen molar-refractivity contribution in [3.05, 3.63) is 53.7 Å². The number of pyridine rings is 1. The molecule has 2 aromatic rings. The molecule has 3 heteroatoms. The topological polar surface area (TPSA) is 53.0 Å². The molecular weight excluding hydrogens is 250 g/mol. The van der Waals surface area contributed by atoms with Gasteiger partial charge in [-0.25, -0.2) is 0 Å². The summed E-state index contributed by atoms with van der Waals surface area (Å²) in [6.07, 6.45) is 6.61. The largest absolute Gasteiger partial charge is 0.545 e. The van der Waals surface area contributed by atoms with E-state index in [1.165, 1.54) is 24.8 Å². The summed E-state index contributed by atoms with van der Waals surface area (Å²) in [6, 6.07) is 10.7. The van der Waals surface area contributed by atoms with Crippen LogP contribution < -0.4 is 5.11 Å². The maximum Gasteiger partial charge on any atom is 0.0715 e. The molecule has 104 valence electrons. The first kappa shape index (κ1) is 14.3. The van der Waals surface area contributed by atoms with Crippen LogP contribution in [0.1, 0.15) is 42.1 Å². The third-order valence-corrected chi connectivity index (χ3v) is 3.31. The van der Waals surface area contributed by atoms with Crippen molar-refractivity contribution in [1.29, 1.82) is 0 Å². The quantitative estimate of drug-likeness (QED) is 0.757. The molecule has 0 saturated heterocycles. The summed E-state index contributed by atoms with van der Waals surface area (Å²) < 4.78 is 0. The summed E-state index contributed by atoms with van der Waals surface area (Å²) in [5, 5.41) is 10.7. The molecule has 0 radical (unpaired) electrons. The highest BCUT2D eigenvalue weighted by molar-refractivity contribution is 5.86. The van der Waals surface area contributed by atoms with Crippen molar-refractivity contribution in [2.24, 2.45) is 0 Å². The molecule has 0 saturated carbocycles. The van der Waals surface area contributed by atoms with Gasteiger partial charge in [0, 0.05) is 11.8 Å². The van der Waals surface area contributed by atoms with Crippen molar-refractivity contribution in [2.75, 3.05) is 0 Å². The minimum absolute atomic E-state index is 0.185. The van der Waals surface area contributed by atoms with Gasteiger partial charge in [0.1, 0.15) is 0 Å². The molecule has 1 heterocycles. The van der Waals surface area contributed by atoms with E-state index < -0.39 is 5.97 Å². The Kier molecular flexibility index (Phi) is 4.88. The zero-order valence-electron chi connectivity index (χ0n) is 11.6. The van der Waals surface area contributed by atoms with Gasteiger partial charge >= 0.3 is 0 Å². The molecule has 0 amide bonds.